The number of benzene rings is 1. The zero-order chi connectivity index (χ0) is 18.1. The van der Waals surface area contributed by atoms with E-state index in [9.17, 15) is 4.79 Å². The van der Waals surface area contributed by atoms with Gasteiger partial charge in [-0.25, -0.2) is 4.99 Å². The summed E-state index contributed by atoms with van der Waals surface area (Å²) >= 11 is 0. The maximum Gasteiger partial charge on any atom is 0.251 e. The van der Waals surface area contributed by atoms with E-state index in [0.29, 0.717) is 18.2 Å². The van der Waals surface area contributed by atoms with Crippen LogP contribution in [-0.2, 0) is 6.54 Å². The van der Waals surface area contributed by atoms with Gasteiger partial charge in [-0.2, -0.15) is 0 Å². The summed E-state index contributed by atoms with van der Waals surface area (Å²) in [5.74, 6) is 0.780. The molecule has 1 aliphatic rings. The molecule has 0 aromatic heterocycles. The van der Waals surface area contributed by atoms with Gasteiger partial charge in [0.25, 0.3) is 5.91 Å². The average molecular weight is 473 g/mol. The Morgan fingerprint density at radius 1 is 1.23 bits per heavy atom. The van der Waals surface area contributed by atoms with Crippen molar-refractivity contribution >= 4 is 35.8 Å². The molecule has 146 valence electrons. The number of likely N-dealkylation sites (tertiary alicyclic amines) is 1. The van der Waals surface area contributed by atoms with E-state index in [4.69, 9.17) is 0 Å². The number of guanidine groups is 1. The lowest BCUT2D eigenvalue weighted by molar-refractivity contribution is 0.0963. The number of nitrogens with one attached hydrogen (secondary N) is 3. The second-order valence-electron chi connectivity index (χ2n) is 6.28. The molecule has 1 aromatic rings. The van der Waals surface area contributed by atoms with Crippen LogP contribution in [0.25, 0.3) is 0 Å². The van der Waals surface area contributed by atoms with Crippen LogP contribution in [0.1, 0.15) is 42.6 Å². The normalized spacial score (nSPS) is 17.5. The van der Waals surface area contributed by atoms with E-state index in [1.54, 1.807) is 7.05 Å². The molecule has 1 unspecified atom stereocenters. The van der Waals surface area contributed by atoms with E-state index in [0.717, 1.165) is 31.2 Å². The van der Waals surface area contributed by atoms with Crippen molar-refractivity contribution in [3.8, 4) is 0 Å². The van der Waals surface area contributed by atoms with Crippen LogP contribution in [0.4, 0.5) is 0 Å². The summed E-state index contributed by atoms with van der Waals surface area (Å²) in [4.78, 5) is 18.8. The lowest BCUT2D eigenvalue weighted by Crippen LogP contribution is -2.44. The quantitative estimate of drug-likeness (QED) is 0.323. The van der Waals surface area contributed by atoms with Gasteiger partial charge in [0.1, 0.15) is 0 Å². The van der Waals surface area contributed by atoms with E-state index in [1.807, 2.05) is 24.3 Å². The Kier molecular flexibility index (Phi) is 10.6. The van der Waals surface area contributed by atoms with E-state index in [-0.39, 0.29) is 29.9 Å². The highest BCUT2D eigenvalue weighted by Gasteiger charge is 2.22. The van der Waals surface area contributed by atoms with Gasteiger partial charge in [-0.3, -0.25) is 9.69 Å². The Bertz CT molecular complexity index is 576. The van der Waals surface area contributed by atoms with Crippen LogP contribution in [0.15, 0.2) is 29.3 Å². The topological polar surface area (TPSA) is 68.8 Å². The number of hydrogen-bond donors (Lipinski definition) is 3. The molecule has 1 aromatic carbocycles. The van der Waals surface area contributed by atoms with Crippen LogP contribution in [0.2, 0.25) is 0 Å². The van der Waals surface area contributed by atoms with E-state index < -0.39 is 0 Å². The molecule has 3 N–H and O–H groups in total. The highest BCUT2D eigenvalue weighted by molar-refractivity contribution is 14.0. The fourth-order valence-electron chi connectivity index (χ4n) is 3.18. The smallest absolute Gasteiger partial charge is 0.251 e. The number of nitrogens with zero attached hydrogens (tertiary/aromatic N) is 2. The van der Waals surface area contributed by atoms with Crippen molar-refractivity contribution in [1.29, 1.82) is 0 Å². The van der Waals surface area contributed by atoms with Crippen molar-refractivity contribution in [2.75, 3.05) is 33.2 Å². The molecule has 1 fully saturated rings. The van der Waals surface area contributed by atoms with Crippen molar-refractivity contribution in [3.63, 3.8) is 0 Å². The minimum atomic E-state index is -0.0675. The highest BCUT2D eigenvalue weighted by atomic mass is 127. The molecule has 1 saturated heterocycles. The van der Waals surface area contributed by atoms with Gasteiger partial charge in [0, 0.05) is 31.7 Å². The number of carbonyl (C=O) groups excluding carboxylic acids is 1. The van der Waals surface area contributed by atoms with Gasteiger partial charge in [0.2, 0.25) is 0 Å². The molecule has 1 atom stereocenters. The fourth-order valence-corrected chi connectivity index (χ4v) is 3.18. The monoisotopic (exact) mass is 473 g/mol. The third-order valence-corrected chi connectivity index (χ3v) is 4.62. The molecule has 0 aliphatic carbocycles. The lowest BCUT2D eigenvalue weighted by Gasteiger charge is -2.24. The fraction of sp³-hybridized carbons (Fsp3) is 0.579. The summed E-state index contributed by atoms with van der Waals surface area (Å²) in [6, 6.07) is 8.17. The van der Waals surface area contributed by atoms with E-state index in [1.165, 1.54) is 19.4 Å². The summed E-state index contributed by atoms with van der Waals surface area (Å²) in [5, 5.41) is 9.40. The first-order valence-electron chi connectivity index (χ1n) is 9.25. The third-order valence-electron chi connectivity index (χ3n) is 4.62. The summed E-state index contributed by atoms with van der Waals surface area (Å²) in [7, 11) is 1.64. The Labute approximate surface area is 174 Å². The van der Waals surface area contributed by atoms with Crippen LogP contribution >= 0.6 is 24.0 Å². The second-order valence-corrected chi connectivity index (χ2v) is 6.28. The average Bonchev–Trinajstić information content (AvgIpc) is 3.11. The van der Waals surface area contributed by atoms with Gasteiger partial charge in [0.15, 0.2) is 5.96 Å². The number of carbonyl (C=O) groups is 1. The molecule has 7 heteroatoms. The van der Waals surface area contributed by atoms with E-state index in [2.05, 4.69) is 39.7 Å². The first-order chi connectivity index (χ1) is 12.2. The Morgan fingerprint density at radius 2 is 1.96 bits per heavy atom. The number of likely N-dealkylation sites (N-methyl/N-ethyl adjacent to an activating group) is 1. The zero-order valence-electron chi connectivity index (χ0n) is 16.0. The predicted octanol–water partition coefficient (Wildman–Crippen LogP) is 2.20. The predicted molar refractivity (Wildman–Crippen MR) is 118 cm³/mol. The molecule has 26 heavy (non-hydrogen) atoms. The Morgan fingerprint density at radius 3 is 2.58 bits per heavy atom. The minimum absolute atomic E-state index is 0. The molecule has 1 aliphatic heterocycles. The maximum absolute atomic E-state index is 11.6. The Balaban J connectivity index is 0.00000338. The highest BCUT2D eigenvalue weighted by Crippen LogP contribution is 2.15. The van der Waals surface area contributed by atoms with Crippen molar-refractivity contribution in [1.82, 2.24) is 20.9 Å². The molecule has 0 radical (unpaired) electrons. The number of aliphatic imine (C=N–C) groups is 1. The standard InChI is InChI=1S/C19H31N5O.HI/c1-4-21-19(23-14-17-7-6-12-24(17)5-2)22-13-15-8-10-16(11-9-15)18(25)20-3;/h8-11,17H,4-7,12-14H2,1-3H3,(H,20,25)(H2,21,22,23);1H. The summed E-state index contributed by atoms with van der Waals surface area (Å²) < 4.78 is 0. The van der Waals surface area contributed by atoms with Gasteiger partial charge in [-0.1, -0.05) is 19.1 Å². The van der Waals surface area contributed by atoms with Gasteiger partial charge in [0.05, 0.1) is 6.54 Å². The molecule has 0 saturated carbocycles. The Hall–Kier alpha value is -1.35. The first kappa shape index (κ1) is 22.7. The second kappa shape index (κ2) is 12.1. The maximum atomic E-state index is 11.6. The van der Waals surface area contributed by atoms with Crippen LogP contribution in [0, 0.1) is 0 Å². The van der Waals surface area contributed by atoms with Gasteiger partial charge >= 0.3 is 0 Å². The number of halogens is 1. The molecular formula is C19H32IN5O. The largest absolute Gasteiger partial charge is 0.357 e. The number of rotatable bonds is 7. The summed E-state index contributed by atoms with van der Waals surface area (Å²) in [6.45, 7) is 8.96. The molecule has 0 bridgehead atoms. The van der Waals surface area contributed by atoms with Crippen LogP contribution < -0.4 is 16.0 Å². The van der Waals surface area contributed by atoms with Crippen molar-refractivity contribution < 1.29 is 4.79 Å². The minimum Gasteiger partial charge on any atom is -0.357 e. The van der Waals surface area contributed by atoms with Crippen LogP contribution in [-0.4, -0.2) is 56.0 Å². The van der Waals surface area contributed by atoms with Crippen LogP contribution in [0.5, 0.6) is 0 Å². The van der Waals surface area contributed by atoms with Gasteiger partial charge in [-0.15, -0.1) is 24.0 Å². The van der Waals surface area contributed by atoms with Gasteiger partial charge in [-0.05, 0) is 50.6 Å². The van der Waals surface area contributed by atoms with Crippen molar-refractivity contribution in [2.45, 2.75) is 39.3 Å². The lowest BCUT2D eigenvalue weighted by atomic mass is 10.1. The van der Waals surface area contributed by atoms with Crippen LogP contribution in [0.3, 0.4) is 0 Å². The molecule has 6 nitrogen and oxygen atoms in total. The zero-order valence-corrected chi connectivity index (χ0v) is 18.4. The molecule has 2 rings (SSSR count). The SMILES string of the molecule is CCNC(=NCc1ccc(C(=O)NC)cc1)NCC1CCCN1CC.I. The number of amides is 1. The number of hydrogen-bond acceptors (Lipinski definition) is 3. The van der Waals surface area contributed by atoms with Crippen molar-refractivity contribution in [2.24, 2.45) is 4.99 Å². The molecule has 0 spiro atoms. The molecular weight excluding hydrogens is 441 g/mol. The summed E-state index contributed by atoms with van der Waals surface area (Å²) in [6.07, 6.45) is 2.53. The first-order valence-corrected chi connectivity index (χ1v) is 9.25. The van der Waals surface area contributed by atoms with E-state index >= 15 is 0 Å². The third kappa shape index (κ3) is 6.75. The van der Waals surface area contributed by atoms with Crippen molar-refractivity contribution in [3.05, 3.63) is 35.4 Å². The van der Waals surface area contributed by atoms with Gasteiger partial charge < -0.3 is 16.0 Å². The molecule has 1 amide bonds. The summed E-state index contributed by atoms with van der Waals surface area (Å²) in [5.41, 5.74) is 1.75. The molecule has 1 heterocycles.